The van der Waals surface area contributed by atoms with E-state index in [-0.39, 0.29) is 16.5 Å². The number of fused-ring (bicyclic) bond motifs is 1. The van der Waals surface area contributed by atoms with Gasteiger partial charge in [0, 0.05) is 12.7 Å². The van der Waals surface area contributed by atoms with Gasteiger partial charge in [-0.3, -0.25) is 15.1 Å². The first kappa shape index (κ1) is 17.5. The number of amides is 1. The van der Waals surface area contributed by atoms with Crippen molar-refractivity contribution in [1.82, 2.24) is 14.7 Å². The predicted molar refractivity (Wildman–Crippen MR) is 97.3 cm³/mol. The highest BCUT2D eigenvalue weighted by Crippen LogP contribution is 2.28. The highest BCUT2D eigenvalue weighted by molar-refractivity contribution is 7.89. The molecule has 0 fully saturated rings. The van der Waals surface area contributed by atoms with Crippen molar-refractivity contribution >= 4 is 42.6 Å². The summed E-state index contributed by atoms with van der Waals surface area (Å²) in [7, 11) is -3.54. The minimum Gasteiger partial charge on any atom is -0.296 e. The van der Waals surface area contributed by atoms with Crippen LogP contribution in [0.3, 0.4) is 0 Å². The molecule has 25 heavy (non-hydrogen) atoms. The molecule has 1 aromatic carbocycles. The van der Waals surface area contributed by atoms with Crippen molar-refractivity contribution in [3.63, 3.8) is 0 Å². The highest BCUT2D eigenvalue weighted by Gasteiger charge is 2.16. The number of hydrogen-bond acceptors (Lipinski definition) is 6. The van der Waals surface area contributed by atoms with Crippen LogP contribution in [0.15, 0.2) is 47.5 Å². The number of anilines is 1. The number of aromatic nitrogens is 2. The Balaban J connectivity index is 1.84. The zero-order valence-corrected chi connectivity index (χ0v) is 15.0. The van der Waals surface area contributed by atoms with E-state index in [1.54, 1.807) is 30.3 Å². The Morgan fingerprint density at radius 2 is 2.08 bits per heavy atom. The lowest BCUT2D eigenvalue weighted by molar-refractivity contribution is 0.102. The standard InChI is InChI=1S/C16H16N4O3S2/c1-2-8-18-25(22,23)11-6-7-12-14(10-11)24-16(19-12)20-15(21)13-5-3-4-9-17-13/h3-7,9-10,18H,2,8H2,1H3,(H,19,20,21). The van der Waals surface area contributed by atoms with Gasteiger partial charge in [0.2, 0.25) is 10.0 Å². The number of nitrogens with one attached hydrogen (secondary N) is 2. The van der Waals surface area contributed by atoms with Gasteiger partial charge in [-0.25, -0.2) is 18.1 Å². The molecule has 0 aliphatic carbocycles. The number of thiazole rings is 1. The second kappa shape index (κ2) is 7.26. The molecule has 0 atom stereocenters. The fourth-order valence-corrected chi connectivity index (χ4v) is 4.24. The molecule has 0 aliphatic rings. The van der Waals surface area contributed by atoms with Crippen LogP contribution in [0.1, 0.15) is 23.8 Å². The van der Waals surface area contributed by atoms with Crippen LogP contribution >= 0.6 is 11.3 Å². The molecule has 1 amide bonds. The van der Waals surface area contributed by atoms with E-state index in [2.05, 4.69) is 20.0 Å². The number of sulfonamides is 1. The molecule has 130 valence electrons. The predicted octanol–water partition coefficient (Wildman–Crippen LogP) is 2.63. The summed E-state index contributed by atoms with van der Waals surface area (Å²) in [6.45, 7) is 2.28. The molecule has 2 heterocycles. The number of pyridine rings is 1. The fourth-order valence-electron chi connectivity index (χ4n) is 2.10. The third-order valence-electron chi connectivity index (χ3n) is 3.33. The molecule has 0 radical (unpaired) electrons. The summed E-state index contributed by atoms with van der Waals surface area (Å²) in [6.07, 6.45) is 2.25. The lowest BCUT2D eigenvalue weighted by Gasteiger charge is -2.04. The van der Waals surface area contributed by atoms with E-state index in [4.69, 9.17) is 0 Å². The van der Waals surface area contributed by atoms with Gasteiger partial charge in [-0.1, -0.05) is 24.3 Å². The Bertz CT molecular complexity index is 1000. The summed E-state index contributed by atoms with van der Waals surface area (Å²) in [6, 6.07) is 9.74. The maximum Gasteiger partial charge on any atom is 0.276 e. The van der Waals surface area contributed by atoms with Crippen LogP contribution in [0.25, 0.3) is 10.2 Å². The Kier molecular flexibility index (Phi) is 5.07. The Morgan fingerprint density at radius 3 is 2.80 bits per heavy atom. The zero-order chi connectivity index (χ0) is 17.9. The van der Waals surface area contributed by atoms with Crippen LogP contribution in [-0.4, -0.2) is 30.8 Å². The lowest BCUT2D eigenvalue weighted by atomic mass is 10.3. The molecular weight excluding hydrogens is 360 g/mol. The third-order valence-corrected chi connectivity index (χ3v) is 5.72. The molecule has 0 spiro atoms. The van der Waals surface area contributed by atoms with Crippen molar-refractivity contribution in [3.8, 4) is 0 Å². The van der Waals surface area contributed by atoms with Gasteiger partial charge in [0.25, 0.3) is 5.91 Å². The van der Waals surface area contributed by atoms with E-state index in [1.165, 1.54) is 23.6 Å². The van der Waals surface area contributed by atoms with Crippen molar-refractivity contribution < 1.29 is 13.2 Å². The van der Waals surface area contributed by atoms with Crippen LogP contribution in [0.4, 0.5) is 5.13 Å². The van der Waals surface area contributed by atoms with E-state index < -0.39 is 10.0 Å². The molecule has 0 unspecified atom stereocenters. The molecule has 2 aromatic heterocycles. The van der Waals surface area contributed by atoms with Crippen LogP contribution in [0, 0.1) is 0 Å². The molecule has 0 aliphatic heterocycles. The topological polar surface area (TPSA) is 101 Å². The Morgan fingerprint density at radius 1 is 1.24 bits per heavy atom. The molecule has 7 nitrogen and oxygen atoms in total. The molecule has 9 heteroatoms. The van der Waals surface area contributed by atoms with E-state index in [1.807, 2.05) is 6.92 Å². The zero-order valence-electron chi connectivity index (χ0n) is 13.4. The first-order chi connectivity index (χ1) is 12.0. The second-order valence-electron chi connectivity index (χ2n) is 5.22. The summed E-state index contributed by atoms with van der Waals surface area (Å²) >= 11 is 1.21. The van der Waals surface area contributed by atoms with Crippen molar-refractivity contribution in [3.05, 3.63) is 48.3 Å². The van der Waals surface area contributed by atoms with Crippen molar-refractivity contribution in [2.75, 3.05) is 11.9 Å². The first-order valence-electron chi connectivity index (χ1n) is 7.62. The number of carbonyl (C=O) groups excluding carboxylic acids is 1. The van der Waals surface area contributed by atoms with E-state index in [9.17, 15) is 13.2 Å². The molecular formula is C16H16N4O3S2. The van der Waals surface area contributed by atoms with Gasteiger partial charge in [0.1, 0.15) is 5.69 Å². The maximum absolute atomic E-state index is 12.2. The number of nitrogens with zero attached hydrogens (tertiary/aromatic N) is 2. The van der Waals surface area contributed by atoms with Crippen LogP contribution < -0.4 is 10.0 Å². The smallest absolute Gasteiger partial charge is 0.276 e. The Hall–Kier alpha value is -2.36. The second-order valence-corrected chi connectivity index (χ2v) is 8.01. The number of rotatable bonds is 6. The van der Waals surface area contributed by atoms with Crippen LogP contribution in [0.2, 0.25) is 0 Å². The molecule has 0 saturated carbocycles. The summed E-state index contributed by atoms with van der Waals surface area (Å²) in [4.78, 5) is 20.6. The van der Waals surface area contributed by atoms with Crippen molar-refractivity contribution in [1.29, 1.82) is 0 Å². The molecule has 0 bridgehead atoms. The third kappa shape index (κ3) is 4.01. The average Bonchev–Trinajstić information content (AvgIpc) is 3.02. The largest absolute Gasteiger partial charge is 0.296 e. The Labute approximate surface area is 149 Å². The minimum absolute atomic E-state index is 0.180. The number of carbonyl (C=O) groups is 1. The van der Waals surface area contributed by atoms with Gasteiger partial charge in [0.05, 0.1) is 15.1 Å². The van der Waals surface area contributed by atoms with E-state index >= 15 is 0 Å². The normalized spacial score (nSPS) is 11.6. The average molecular weight is 376 g/mol. The van der Waals surface area contributed by atoms with Crippen molar-refractivity contribution in [2.45, 2.75) is 18.2 Å². The van der Waals surface area contributed by atoms with Gasteiger partial charge >= 0.3 is 0 Å². The molecule has 3 aromatic rings. The quantitative estimate of drug-likeness (QED) is 0.689. The van der Waals surface area contributed by atoms with Crippen LogP contribution in [-0.2, 0) is 10.0 Å². The summed E-state index contributed by atoms with van der Waals surface area (Å²) in [5, 5.41) is 3.07. The van der Waals surface area contributed by atoms with Gasteiger partial charge < -0.3 is 0 Å². The highest BCUT2D eigenvalue weighted by atomic mass is 32.2. The van der Waals surface area contributed by atoms with Gasteiger partial charge in [-0.05, 0) is 36.8 Å². The summed E-state index contributed by atoms with van der Waals surface area (Å²) in [5.41, 5.74) is 0.907. The monoisotopic (exact) mass is 376 g/mol. The summed E-state index contributed by atoms with van der Waals surface area (Å²) < 4.78 is 27.6. The molecule has 3 rings (SSSR count). The first-order valence-corrected chi connectivity index (χ1v) is 9.92. The number of benzene rings is 1. The van der Waals surface area contributed by atoms with E-state index in [0.29, 0.717) is 28.3 Å². The minimum atomic E-state index is -3.54. The van der Waals surface area contributed by atoms with Gasteiger partial charge in [0.15, 0.2) is 5.13 Å². The lowest BCUT2D eigenvalue weighted by Crippen LogP contribution is -2.24. The SMILES string of the molecule is CCCNS(=O)(=O)c1ccc2nc(NC(=O)c3ccccn3)sc2c1. The fraction of sp³-hybridized carbons (Fsp3) is 0.188. The van der Waals surface area contributed by atoms with Crippen LogP contribution in [0.5, 0.6) is 0 Å². The van der Waals surface area contributed by atoms with Gasteiger partial charge in [-0.2, -0.15) is 0 Å². The molecule has 0 saturated heterocycles. The van der Waals surface area contributed by atoms with Crippen molar-refractivity contribution in [2.24, 2.45) is 0 Å². The number of hydrogen-bond donors (Lipinski definition) is 2. The maximum atomic E-state index is 12.2. The molecule has 2 N–H and O–H groups in total. The summed E-state index contributed by atoms with van der Waals surface area (Å²) in [5.74, 6) is -0.364. The van der Waals surface area contributed by atoms with E-state index in [0.717, 1.165) is 0 Å². The van der Waals surface area contributed by atoms with Gasteiger partial charge in [-0.15, -0.1) is 0 Å².